The van der Waals surface area contributed by atoms with E-state index in [2.05, 4.69) is 20.8 Å². The molecule has 1 aromatic carbocycles. The van der Waals surface area contributed by atoms with Crippen LogP contribution in [0.3, 0.4) is 0 Å². The minimum atomic E-state index is -0.578. The molecule has 4 N–H and O–H groups in total. The van der Waals surface area contributed by atoms with Gasteiger partial charge in [-0.3, -0.25) is 10.1 Å². The lowest BCUT2D eigenvalue weighted by molar-refractivity contribution is -0.119. The third-order valence-electron chi connectivity index (χ3n) is 2.86. The van der Waals surface area contributed by atoms with Crippen molar-refractivity contribution in [1.29, 1.82) is 0 Å². The summed E-state index contributed by atoms with van der Waals surface area (Å²) in [7, 11) is 1.42. The number of carbonyl (C=O) groups is 2. The SMILES string of the molecule is CNC(=O)NC(=O)[C@@H](C)Sc1nnc(-c2cccc(Cl)c2)n1N. The van der Waals surface area contributed by atoms with Crippen LogP contribution in [-0.2, 0) is 4.79 Å². The molecule has 0 fully saturated rings. The minimum absolute atomic E-state index is 0.347. The number of nitrogen functional groups attached to an aromatic ring is 1. The van der Waals surface area contributed by atoms with Gasteiger partial charge < -0.3 is 11.2 Å². The molecule has 0 aliphatic heterocycles. The van der Waals surface area contributed by atoms with Crippen LogP contribution in [-0.4, -0.2) is 39.1 Å². The Bertz CT molecular complexity index is 735. The molecule has 2 aromatic rings. The van der Waals surface area contributed by atoms with Gasteiger partial charge in [0.1, 0.15) is 0 Å². The summed E-state index contributed by atoms with van der Waals surface area (Å²) in [6, 6.07) is 6.46. The number of hydrogen-bond donors (Lipinski definition) is 3. The standard InChI is InChI=1S/C13H15ClN6O2S/c1-7(11(21)17-12(22)16-2)23-13-19-18-10(20(13)15)8-4-3-5-9(14)6-8/h3-7H,15H2,1-2H3,(H2,16,17,21,22)/t7-/m1/s1. The van der Waals surface area contributed by atoms with E-state index in [-0.39, 0.29) is 0 Å². The fourth-order valence-corrected chi connectivity index (χ4v) is 2.63. The second-order valence-corrected chi connectivity index (χ2v) is 6.26. The largest absolute Gasteiger partial charge is 0.341 e. The van der Waals surface area contributed by atoms with E-state index >= 15 is 0 Å². The average Bonchev–Trinajstić information content (AvgIpc) is 2.88. The molecule has 8 nitrogen and oxygen atoms in total. The summed E-state index contributed by atoms with van der Waals surface area (Å²) < 4.78 is 1.28. The van der Waals surface area contributed by atoms with Gasteiger partial charge >= 0.3 is 6.03 Å². The third-order valence-corrected chi connectivity index (χ3v) is 4.15. The van der Waals surface area contributed by atoms with Crippen molar-refractivity contribution in [3.63, 3.8) is 0 Å². The van der Waals surface area contributed by atoms with Gasteiger partial charge in [0, 0.05) is 17.6 Å². The van der Waals surface area contributed by atoms with Gasteiger partial charge in [-0.2, -0.15) is 0 Å². The van der Waals surface area contributed by atoms with Crippen molar-refractivity contribution in [2.75, 3.05) is 12.9 Å². The first-order valence-corrected chi connectivity index (χ1v) is 7.83. The summed E-state index contributed by atoms with van der Waals surface area (Å²) in [5.74, 6) is 5.95. The number of imide groups is 1. The maximum absolute atomic E-state index is 11.8. The fraction of sp³-hybridized carbons (Fsp3) is 0.231. The molecule has 0 bridgehead atoms. The highest BCUT2D eigenvalue weighted by atomic mass is 35.5. The molecule has 2 rings (SSSR count). The smallest absolute Gasteiger partial charge is 0.321 e. The molecule has 0 aliphatic carbocycles. The molecule has 0 unspecified atom stereocenters. The van der Waals surface area contributed by atoms with Gasteiger partial charge in [-0.25, -0.2) is 9.47 Å². The first-order valence-electron chi connectivity index (χ1n) is 6.58. The topological polar surface area (TPSA) is 115 Å². The predicted octanol–water partition coefficient (Wildman–Crippen LogP) is 1.25. The van der Waals surface area contributed by atoms with Crippen molar-refractivity contribution < 1.29 is 9.59 Å². The number of halogens is 1. The Balaban J connectivity index is 2.13. The quantitative estimate of drug-likeness (QED) is 0.562. The minimum Gasteiger partial charge on any atom is -0.341 e. The second kappa shape index (κ2) is 7.34. The third kappa shape index (κ3) is 4.14. The van der Waals surface area contributed by atoms with E-state index < -0.39 is 17.2 Å². The second-order valence-electron chi connectivity index (χ2n) is 4.51. The molecule has 23 heavy (non-hydrogen) atoms. The van der Waals surface area contributed by atoms with E-state index in [4.69, 9.17) is 17.4 Å². The Morgan fingerprint density at radius 1 is 1.39 bits per heavy atom. The number of rotatable bonds is 4. The molecule has 1 atom stereocenters. The lowest BCUT2D eigenvalue weighted by atomic mass is 10.2. The highest BCUT2D eigenvalue weighted by Crippen LogP contribution is 2.26. The van der Waals surface area contributed by atoms with Crippen molar-refractivity contribution >= 4 is 35.3 Å². The Kier molecular flexibility index (Phi) is 5.45. The summed E-state index contributed by atoms with van der Waals surface area (Å²) in [5.41, 5.74) is 0.710. The molecule has 1 aromatic heterocycles. The van der Waals surface area contributed by atoms with Crippen LogP contribution in [0, 0.1) is 0 Å². The van der Waals surface area contributed by atoms with Crippen molar-refractivity contribution in [1.82, 2.24) is 25.5 Å². The van der Waals surface area contributed by atoms with E-state index in [1.165, 1.54) is 11.7 Å². The van der Waals surface area contributed by atoms with Crippen LogP contribution in [0.1, 0.15) is 6.92 Å². The van der Waals surface area contributed by atoms with Gasteiger partial charge in [-0.15, -0.1) is 10.2 Å². The van der Waals surface area contributed by atoms with Crippen LogP contribution < -0.4 is 16.5 Å². The molecule has 0 aliphatic rings. The summed E-state index contributed by atoms with van der Waals surface area (Å²) in [4.78, 5) is 23.0. The van der Waals surface area contributed by atoms with E-state index in [1.807, 2.05) is 0 Å². The Morgan fingerprint density at radius 3 is 2.78 bits per heavy atom. The number of nitrogens with zero attached hydrogens (tertiary/aromatic N) is 3. The van der Waals surface area contributed by atoms with Gasteiger partial charge in [0.25, 0.3) is 0 Å². The van der Waals surface area contributed by atoms with Gasteiger partial charge in [-0.1, -0.05) is 35.5 Å². The maximum Gasteiger partial charge on any atom is 0.321 e. The molecule has 1 heterocycles. The van der Waals surface area contributed by atoms with E-state index in [0.717, 1.165) is 11.8 Å². The van der Waals surface area contributed by atoms with Gasteiger partial charge in [0.05, 0.1) is 5.25 Å². The summed E-state index contributed by atoms with van der Waals surface area (Å²) >= 11 is 7.04. The molecule has 0 radical (unpaired) electrons. The van der Waals surface area contributed by atoms with Crippen molar-refractivity contribution in [2.24, 2.45) is 0 Å². The number of urea groups is 1. The molecule has 0 saturated heterocycles. The number of thioether (sulfide) groups is 1. The number of aromatic nitrogens is 3. The highest BCUT2D eigenvalue weighted by Gasteiger charge is 2.21. The van der Waals surface area contributed by atoms with E-state index in [1.54, 1.807) is 31.2 Å². The number of amides is 3. The molecule has 0 saturated carbocycles. The number of nitrogens with two attached hydrogens (primary N) is 1. The first-order chi connectivity index (χ1) is 10.9. The zero-order valence-corrected chi connectivity index (χ0v) is 14.0. The van der Waals surface area contributed by atoms with Crippen LogP contribution in [0.4, 0.5) is 4.79 Å². The van der Waals surface area contributed by atoms with Crippen molar-refractivity contribution in [2.45, 2.75) is 17.3 Å². The molecule has 122 valence electrons. The number of benzene rings is 1. The lowest BCUT2D eigenvalue weighted by Crippen LogP contribution is -2.41. The van der Waals surface area contributed by atoms with Crippen LogP contribution in [0.25, 0.3) is 11.4 Å². The van der Waals surface area contributed by atoms with Crippen molar-refractivity contribution in [3.05, 3.63) is 29.3 Å². The summed E-state index contributed by atoms with van der Waals surface area (Å²) in [6.45, 7) is 1.64. The molecular formula is C13H15ClN6O2S. The van der Waals surface area contributed by atoms with Crippen LogP contribution in [0.2, 0.25) is 5.02 Å². The normalized spacial score (nSPS) is 11.8. The first kappa shape index (κ1) is 17.1. The number of carbonyl (C=O) groups excluding carboxylic acids is 2. The maximum atomic E-state index is 11.8. The van der Waals surface area contributed by atoms with Gasteiger partial charge in [0.2, 0.25) is 11.1 Å². The Labute approximate surface area is 141 Å². The molecule has 10 heteroatoms. The Hall–Kier alpha value is -2.26. The van der Waals surface area contributed by atoms with Crippen LogP contribution >= 0.6 is 23.4 Å². The summed E-state index contributed by atoms with van der Waals surface area (Å²) in [5, 5.41) is 12.8. The molecule has 3 amide bonds. The van der Waals surface area contributed by atoms with Gasteiger partial charge in [0.15, 0.2) is 5.82 Å². The molecular weight excluding hydrogens is 340 g/mol. The van der Waals surface area contributed by atoms with Crippen LogP contribution in [0.5, 0.6) is 0 Å². The van der Waals surface area contributed by atoms with Crippen LogP contribution in [0.15, 0.2) is 29.4 Å². The summed E-state index contributed by atoms with van der Waals surface area (Å²) in [6.07, 6.45) is 0. The Morgan fingerprint density at radius 2 is 2.13 bits per heavy atom. The number of hydrogen-bond acceptors (Lipinski definition) is 6. The zero-order chi connectivity index (χ0) is 17.0. The zero-order valence-electron chi connectivity index (χ0n) is 12.4. The predicted molar refractivity (Wildman–Crippen MR) is 88.5 cm³/mol. The van der Waals surface area contributed by atoms with Crippen molar-refractivity contribution in [3.8, 4) is 11.4 Å². The average molecular weight is 355 g/mol. The number of nitrogens with one attached hydrogen (secondary N) is 2. The van der Waals surface area contributed by atoms with E-state index in [9.17, 15) is 9.59 Å². The lowest BCUT2D eigenvalue weighted by Gasteiger charge is -2.10. The van der Waals surface area contributed by atoms with Gasteiger partial charge in [-0.05, 0) is 19.1 Å². The fourth-order valence-electron chi connectivity index (χ4n) is 1.67. The molecule has 0 spiro atoms. The van der Waals surface area contributed by atoms with E-state index in [0.29, 0.717) is 21.6 Å². The monoisotopic (exact) mass is 354 g/mol. The highest BCUT2D eigenvalue weighted by molar-refractivity contribution is 8.00.